The zero-order valence-corrected chi connectivity index (χ0v) is 11.1. The molecule has 7 heteroatoms. The average molecular weight is 282 g/mol. The van der Waals surface area contributed by atoms with Crippen molar-refractivity contribution in [3.63, 3.8) is 0 Å². The van der Waals surface area contributed by atoms with Gasteiger partial charge in [-0.05, 0) is 18.2 Å². The molecular formula is C13H15FN2O4. The first-order chi connectivity index (χ1) is 9.31. The molecular weight excluding hydrogens is 267 g/mol. The summed E-state index contributed by atoms with van der Waals surface area (Å²) in [5.74, 6) is -2.56. The molecule has 6 nitrogen and oxygen atoms in total. The maximum atomic E-state index is 13.4. The summed E-state index contributed by atoms with van der Waals surface area (Å²) in [6.07, 6.45) is -0.179. The molecule has 0 bridgehead atoms. The Morgan fingerprint density at radius 2 is 2.00 bits per heavy atom. The highest BCUT2D eigenvalue weighted by Gasteiger charge is 2.15. The fraction of sp³-hybridized carbons (Fsp3) is 0.308. The minimum atomic E-state index is -1.01. The number of carboxylic acids is 1. The van der Waals surface area contributed by atoms with Crippen LogP contribution >= 0.6 is 0 Å². The molecule has 2 N–H and O–H groups in total. The van der Waals surface area contributed by atoms with Crippen molar-refractivity contribution in [1.82, 2.24) is 4.90 Å². The molecule has 0 spiro atoms. The topological polar surface area (TPSA) is 86.7 Å². The number of benzene rings is 1. The third-order valence-electron chi connectivity index (χ3n) is 2.53. The number of carbonyl (C=O) groups excluding carboxylic acids is 2. The van der Waals surface area contributed by atoms with Crippen LogP contribution in [-0.4, -0.2) is 41.4 Å². The van der Waals surface area contributed by atoms with E-state index in [1.165, 1.54) is 31.0 Å². The van der Waals surface area contributed by atoms with Crippen molar-refractivity contribution in [2.24, 2.45) is 0 Å². The summed E-state index contributed by atoms with van der Waals surface area (Å²) in [6.45, 7) is 1.27. The predicted molar refractivity (Wildman–Crippen MR) is 69.9 cm³/mol. The van der Waals surface area contributed by atoms with Crippen molar-refractivity contribution in [3.05, 3.63) is 29.6 Å². The molecule has 1 aromatic rings. The maximum absolute atomic E-state index is 13.4. The van der Waals surface area contributed by atoms with Gasteiger partial charge in [-0.1, -0.05) is 0 Å². The zero-order chi connectivity index (χ0) is 15.3. The highest BCUT2D eigenvalue weighted by atomic mass is 19.1. The van der Waals surface area contributed by atoms with Crippen molar-refractivity contribution in [1.29, 1.82) is 0 Å². The van der Waals surface area contributed by atoms with Gasteiger partial charge in [0.2, 0.25) is 5.91 Å². The molecule has 108 valence electrons. The molecule has 0 atom stereocenters. The van der Waals surface area contributed by atoms with E-state index in [1.54, 1.807) is 0 Å². The molecule has 1 aromatic carbocycles. The van der Waals surface area contributed by atoms with Gasteiger partial charge in [-0.3, -0.25) is 14.4 Å². The number of halogens is 1. The van der Waals surface area contributed by atoms with Crippen LogP contribution in [0.2, 0.25) is 0 Å². The first-order valence-corrected chi connectivity index (χ1v) is 5.85. The Bertz CT molecular complexity index is 545. The average Bonchev–Trinajstić information content (AvgIpc) is 2.37. The molecule has 0 heterocycles. The van der Waals surface area contributed by atoms with Gasteiger partial charge in [0.15, 0.2) is 0 Å². The van der Waals surface area contributed by atoms with E-state index < -0.39 is 23.6 Å². The van der Waals surface area contributed by atoms with Crippen LogP contribution in [-0.2, 0) is 9.59 Å². The molecule has 0 aliphatic carbocycles. The summed E-state index contributed by atoms with van der Waals surface area (Å²) in [5.41, 5.74) is 0.0815. The number of carbonyl (C=O) groups is 3. The second-order valence-electron chi connectivity index (χ2n) is 4.25. The molecule has 0 radical (unpaired) electrons. The van der Waals surface area contributed by atoms with E-state index in [2.05, 4.69) is 5.32 Å². The molecule has 0 unspecified atom stereocenters. The molecule has 0 aliphatic heterocycles. The third kappa shape index (κ3) is 4.34. The second kappa shape index (κ2) is 6.65. The lowest BCUT2D eigenvalue weighted by molar-refractivity contribution is -0.137. The molecule has 0 saturated heterocycles. The summed E-state index contributed by atoms with van der Waals surface area (Å²) in [6, 6.07) is 3.57. The highest BCUT2D eigenvalue weighted by Crippen LogP contribution is 2.17. The van der Waals surface area contributed by atoms with Crippen LogP contribution < -0.4 is 5.32 Å². The molecule has 0 fully saturated rings. The second-order valence-corrected chi connectivity index (χ2v) is 4.25. The molecule has 1 rings (SSSR count). The number of hydrogen-bond donors (Lipinski definition) is 2. The van der Waals surface area contributed by atoms with Crippen molar-refractivity contribution < 1.29 is 23.9 Å². The molecule has 0 saturated carbocycles. The van der Waals surface area contributed by atoms with Gasteiger partial charge >= 0.3 is 5.97 Å². The normalized spacial score (nSPS) is 9.95. The predicted octanol–water partition coefficient (Wildman–Crippen LogP) is 1.33. The van der Waals surface area contributed by atoms with Gasteiger partial charge in [-0.2, -0.15) is 0 Å². The summed E-state index contributed by atoms with van der Waals surface area (Å²) >= 11 is 0. The zero-order valence-electron chi connectivity index (χ0n) is 11.1. The van der Waals surface area contributed by atoms with E-state index in [0.717, 1.165) is 6.07 Å². The van der Waals surface area contributed by atoms with E-state index in [-0.39, 0.29) is 24.2 Å². The number of rotatable bonds is 5. The van der Waals surface area contributed by atoms with E-state index in [0.29, 0.717) is 0 Å². The molecule has 0 aromatic heterocycles. The van der Waals surface area contributed by atoms with E-state index in [1.807, 2.05) is 0 Å². The van der Waals surface area contributed by atoms with E-state index in [9.17, 15) is 18.8 Å². The smallest absolute Gasteiger partial charge is 0.305 e. The Morgan fingerprint density at radius 3 is 2.55 bits per heavy atom. The van der Waals surface area contributed by atoms with Gasteiger partial charge in [-0.15, -0.1) is 0 Å². The molecule has 0 aliphatic rings. The standard InChI is InChI=1S/C13H15FN2O4/c1-8(17)15-11-7-9(3-4-10(11)14)13(20)16(2)6-5-12(18)19/h3-4,7H,5-6H2,1-2H3,(H,15,17)(H,18,19). The third-order valence-corrected chi connectivity index (χ3v) is 2.53. The van der Waals surface area contributed by atoms with Crippen LogP contribution in [0.15, 0.2) is 18.2 Å². The Balaban J connectivity index is 2.87. The Kier molecular flexibility index (Phi) is 5.19. The number of nitrogens with zero attached hydrogens (tertiary/aromatic N) is 1. The SMILES string of the molecule is CC(=O)Nc1cc(C(=O)N(C)CCC(=O)O)ccc1F. The summed E-state index contributed by atoms with van der Waals surface area (Å²) in [5, 5.41) is 10.8. The first-order valence-electron chi connectivity index (χ1n) is 5.85. The van der Waals surface area contributed by atoms with Crippen LogP contribution in [0.4, 0.5) is 10.1 Å². The highest BCUT2D eigenvalue weighted by molar-refractivity contribution is 5.96. The van der Waals surface area contributed by atoms with E-state index in [4.69, 9.17) is 5.11 Å². The molecule has 2 amide bonds. The van der Waals surface area contributed by atoms with E-state index >= 15 is 0 Å². The minimum absolute atomic E-state index is 0.0427. The summed E-state index contributed by atoms with van der Waals surface area (Å²) < 4.78 is 13.4. The number of hydrogen-bond acceptors (Lipinski definition) is 3. The lowest BCUT2D eigenvalue weighted by Gasteiger charge is -2.16. The maximum Gasteiger partial charge on any atom is 0.305 e. The van der Waals surface area contributed by atoms with Gasteiger partial charge < -0.3 is 15.3 Å². The summed E-state index contributed by atoms with van der Waals surface area (Å²) in [4.78, 5) is 34.6. The van der Waals surface area contributed by atoms with Gasteiger partial charge in [-0.25, -0.2) is 4.39 Å². The van der Waals surface area contributed by atoms with Gasteiger partial charge in [0.1, 0.15) is 5.82 Å². The van der Waals surface area contributed by atoms with Crippen LogP contribution in [0.5, 0.6) is 0 Å². The monoisotopic (exact) mass is 282 g/mol. The van der Waals surface area contributed by atoms with Crippen molar-refractivity contribution in [2.45, 2.75) is 13.3 Å². The Labute approximate surface area is 115 Å². The number of carboxylic acid groups (broad SMARTS) is 1. The van der Waals surface area contributed by atoms with Crippen molar-refractivity contribution in [2.75, 3.05) is 18.9 Å². The lowest BCUT2D eigenvalue weighted by atomic mass is 10.1. The Morgan fingerprint density at radius 1 is 1.35 bits per heavy atom. The minimum Gasteiger partial charge on any atom is -0.481 e. The van der Waals surface area contributed by atoms with Crippen LogP contribution in [0, 0.1) is 5.82 Å². The number of aliphatic carboxylic acids is 1. The number of nitrogens with one attached hydrogen (secondary N) is 1. The molecule has 20 heavy (non-hydrogen) atoms. The number of amides is 2. The fourth-order valence-electron chi connectivity index (χ4n) is 1.53. The lowest BCUT2D eigenvalue weighted by Crippen LogP contribution is -2.29. The van der Waals surface area contributed by atoms with Crippen molar-refractivity contribution >= 4 is 23.5 Å². The van der Waals surface area contributed by atoms with Crippen LogP contribution in [0.25, 0.3) is 0 Å². The quantitative estimate of drug-likeness (QED) is 0.853. The summed E-state index contributed by atoms with van der Waals surface area (Å²) in [7, 11) is 1.45. The van der Waals surface area contributed by atoms with Gasteiger partial charge in [0.05, 0.1) is 12.1 Å². The van der Waals surface area contributed by atoms with Gasteiger partial charge in [0.25, 0.3) is 5.91 Å². The van der Waals surface area contributed by atoms with Crippen LogP contribution in [0.1, 0.15) is 23.7 Å². The van der Waals surface area contributed by atoms with Gasteiger partial charge in [0, 0.05) is 26.1 Å². The first kappa shape index (κ1) is 15.6. The number of anilines is 1. The largest absolute Gasteiger partial charge is 0.481 e. The Hall–Kier alpha value is -2.44. The van der Waals surface area contributed by atoms with Crippen molar-refractivity contribution in [3.8, 4) is 0 Å². The fourth-order valence-corrected chi connectivity index (χ4v) is 1.53. The van der Waals surface area contributed by atoms with Crippen LogP contribution in [0.3, 0.4) is 0 Å².